The zero-order chi connectivity index (χ0) is 32.9. The van der Waals surface area contributed by atoms with Crippen molar-refractivity contribution in [1.82, 2.24) is 0 Å². The van der Waals surface area contributed by atoms with E-state index in [1.807, 2.05) is 0 Å². The molecule has 0 aliphatic heterocycles. The van der Waals surface area contributed by atoms with Crippen LogP contribution in [-0.4, -0.2) is 36.4 Å². The fourth-order valence-corrected chi connectivity index (χ4v) is 4.81. The van der Waals surface area contributed by atoms with E-state index in [0.717, 1.165) is 77.0 Å². The summed E-state index contributed by atoms with van der Waals surface area (Å²) in [6.07, 6.45) is 45.6. The molecular formula is C40H68O5. The highest BCUT2D eigenvalue weighted by atomic mass is 16.6. The predicted octanol–water partition coefficient (Wildman–Crippen LogP) is 11.2. The zero-order valence-electron chi connectivity index (χ0n) is 29.1. The molecule has 0 spiro atoms. The molecule has 0 aliphatic carbocycles. The molecule has 0 bridgehead atoms. The number of carbonyl (C=O) groups is 2. The summed E-state index contributed by atoms with van der Waals surface area (Å²) in [5.41, 5.74) is 0. The van der Waals surface area contributed by atoms with Crippen LogP contribution in [0.1, 0.15) is 162 Å². The van der Waals surface area contributed by atoms with Crippen LogP contribution in [0.15, 0.2) is 60.8 Å². The lowest BCUT2D eigenvalue weighted by Gasteiger charge is -2.15. The Morgan fingerprint density at radius 2 is 0.956 bits per heavy atom. The fourth-order valence-electron chi connectivity index (χ4n) is 4.81. The summed E-state index contributed by atoms with van der Waals surface area (Å²) < 4.78 is 10.6. The number of aliphatic hydroxyl groups is 1. The first kappa shape index (κ1) is 42.6. The van der Waals surface area contributed by atoms with Crippen LogP contribution in [0, 0.1) is 0 Å². The third kappa shape index (κ3) is 34.3. The lowest BCUT2D eigenvalue weighted by atomic mass is 10.0. The third-order valence-electron chi connectivity index (χ3n) is 7.58. The van der Waals surface area contributed by atoms with Crippen molar-refractivity contribution in [2.24, 2.45) is 0 Å². The summed E-state index contributed by atoms with van der Waals surface area (Å²) in [6.45, 7) is 3.98. The molecule has 0 aromatic carbocycles. The number of ether oxygens (including phenoxy) is 2. The molecule has 0 aromatic rings. The van der Waals surface area contributed by atoms with Crippen LogP contribution < -0.4 is 0 Å². The first-order valence-electron chi connectivity index (χ1n) is 18.3. The number of unbranched alkanes of at least 4 members (excludes halogenated alkanes) is 14. The highest BCUT2D eigenvalue weighted by Gasteiger charge is 2.16. The maximum absolute atomic E-state index is 12.1. The van der Waals surface area contributed by atoms with Gasteiger partial charge in [-0.15, -0.1) is 0 Å². The number of aliphatic hydroxyl groups excluding tert-OH is 1. The molecule has 0 saturated heterocycles. The van der Waals surface area contributed by atoms with E-state index < -0.39 is 6.10 Å². The van der Waals surface area contributed by atoms with Crippen LogP contribution in [0.25, 0.3) is 0 Å². The molecular weight excluding hydrogens is 560 g/mol. The van der Waals surface area contributed by atoms with Crippen molar-refractivity contribution in [2.45, 2.75) is 168 Å². The molecule has 0 rings (SSSR count). The molecule has 0 aliphatic rings. The van der Waals surface area contributed by atoms with Crippen LogP contribution in [0.4, 0.5) is 0 Å². The summed E-state index contributed by atoms with van der Waals surface area (Å²) in [5, 5.41) is 9.52. The van der Waals surface area contributed by atoms with Crippen molar-refractivity contribution < 1.29 is 24.2 Å². The first-order chi connectivity index (χ1) is 22.1. The molecule has 258 valence electrons. The van der Waals surface area contributed by atoms with Gasteiger partial charge in [0, 0.05) is 12.8 Å². The van der Waals surface area contributed by atoms with E-state index in [0.29, 0.717) is 12.8 Å². The van der Waals surface area contributed by atoms with E-state index in [2.05, 4.69) is 74.6 Å². The molecule has 0 saturated carbocycles. The number of hydrogen-bond donors (Lipinski definition) is 1. The minimum absolute atomic E-state index is 0.0800. The fraction of sp³-hybridized carbons (Fsp3) is 0.700. The van der Waals surface area contributed by atoms with Gasteiger partial charge in [-0.05, 0) is 57.8 Å². The second-order valence-corrected chi connectivity index (χ2v) is 11.9. The number of esters is 2. The Morgan fingerprint density at radius 1 is 0.533 bits per heavy atom. The van der Waals surface area contributed by atoms with E-state index in [1.54, 1.807) is 0 Å². The van der Waals surface area contributed by atoms with Crippen LogP contribution in [0.3, 0.4) is 0 Å². The minimum Gasteiger partial charge on any atom is -0.462 e. The highest BCUT2D eigenvalue weighted by molar-refractivity contribution is 5.70. The normalized spacial score (nSPS) is 12.9. The van der Waals surface area contributed by atoms with Gasteiger partial charge < -0.3 is 14.6 Å². The van der Waals surface area contributed by atoms with Crippen LogP contribution in [0.5, 0.6) is 0 Å². The largest absolute Gasteiger partial charge is 0.462 e. The highest BCUT2D eigenvalue weighted by Crippen LogP contribution is 2.13. The van der Waals surface area contributed by atoms with Crippen molar-refractivity contribution in [3.63, 3.8) is 0 Å². The van der Waals surface area contributed by atoms with Crippen LogP contribution in [0.2, 0.25) is 0 Å². The molecule has 0 amide bonds. The second-order valence-electron chi connectivity index (χ2n) is 11.9. The summed E-state index contributed by atoms with van der Waals surface area (Å²) >= 11 is 0. The van der Waals surface area contributed by atoms with Gasteiger partial charge in [0.15, 0.2) is 6.10 Å². The monoisotopic (exact) mass is 629 g/mol. The lowest BCUT2D eigenvalue weighted by molar-refractivity contribution is -0.161. The molecule has 5 nitrogen and oxygen atoms in total. The van der Waals surface area contributed by atoms with Gasteiger partial charge in [-0.2, -0.15) is 0 Å². The topological polar surface area (TPSA) is 72.8 Å². The number of hydrogen-bond acceptors (Lipinski definition) is 5. The van der Waals surface area contributed by atoms with Gasteiger partial charge in [-0.1, -0.05) is 152 Å². The Morgan fingerprint density at radius 3 is 1.44 bits per heavy atom. The maximum Gasteiger partial charge on any atom is 0.306 e. The van der Waals surface area contributed by atoms with Crippen molar-refractivity contribution in [3.05, 3.63) is 60.8 Å². The van der Waals surface area contributed by atoms with Gasteiger partial charge in [-0.25, -0.2) is 0 Å². The molecule has 1 N–H and O–H groups in total. The average molecular weight is 629 g/mol. The van der Waals surface area contributed by atoms with E-state index in [-0.39, 0.29) is 25.2 Å². The van der Waals surface area contributed by atoms with Gasteiger partial charge in [0.2, 0.25) is 0 Å². The van der Waals surface area contributed by atoms with E-state index in [4.69, 9.17) is 9.47 Å². The second kappa shape index (κ2) is 36.1. The Hall–Kier alpha value is -2.40. The quantitative estimate of drug-likeness (QED) is 0.0456. The van der Waals surface area contributed by atoms with Gasteiger partial charge in [-0.3, -0.25) is 9.59 Å². The third-order valence-corrected chi connectivity index (χ3v) is 7.58. The zero-order valence-corrected chi connectivity index (χ0v) is 29.1. The van der Waals surface area contributed by atoms with Gasteiger partial charge in [0.1, 0.15) is 6.61 Å². The van der Waals surface area contributed by atoms with Crippen LogP contribution >= 0.6 is 0 Å². The predicted molar refractivity (Wildman–Crippen MR) is 191 cm³/mol. The molecule has 0 fully saturated rings. The molecule has 1 unspecified atom stereocenters. The van der Waals surface area contributed by atoms with Gasteiger partial charge >= 0.3 is 11.9 Å². The summed E-state index contributed by atoms with van der Waals surface area (Å²) in [4.78, 5) is 24.2. The standard InChI is InChI=1S/C40H68O5/c1-3-5-7-9-11-13-15-17-18-19-20-21-22-23-25-27-29-31-33-35-40(43)45-38(36-41)37-44-39(42)34-32-30-28-26-24-16-14-12-10-8-6-4-2/h5,7,11,13,17-18,20-21,23,25,38,41H,3-4,6,8-10,12,14-16,19,22,24,26-37H2,1-2H3/b7-5-,13-11-,18-17-,21-20-,25-23-. The Labute approximate surface area is 277 Å². The molecule has 0 radical (unpaired) electrons. The smallest absolute Gasteiger partial charge is 0.306 e. The van der Waals surface area contributed by atoms with E-state index in [9.17, 15) is 14.7 Å². The van der Waals surface area contributed by atoms with Crippen molar-refractivity contribution in [3.8, 4) is 0 Å². The molecule has 0 heterocycles. The summed E-state index contributed by atoms with van der Waals surface area (Å²) in [6, 6.07) is 0. The summed E-state index contributed by atoms with van der Waals surface area (Å²) in [5.74, 6) is -0.632. The average Bonchev–Trinajstić information content (AvgIpc) is 3.04. The van der Waals surface area contributed by atoms with Crippen LogP contribution in [-0.2, 0) is 19.1 Å². The Bertz CT molecular complexity index is 808. The molecule has 1 atom stereocenters. The Balaban J connectivity index is 3.67. The van der Waals surface area contributed by atoms with Gasteiger partial charge in [0.25, 0.3) is 0 Å². The number of rotatable bonds is 32. The van der Waals surface area contributed by atoms with Crippen molar-refractivity contribution in [1.29, 1.82) is 0 Å². The van der Waals surface area contributed by atoms with E-state index in [1.165, 1.54) is 57.8 Å². The molecule has 5 heteroatoms. The Kier molecular flexibility index (Phi) is 34.1. The molecule has 0 aromatic heterocycles. The first-order valence-corrected chi connectivity index (χ1v) is 18.3. The minimum atomic E-state index is -0.787. The SMILES string of the molecule is CC/C=C\C/C=C\C/C=C\C/C=C\C/C=C\CCCCCC(=O)OC(CO)COC(=O)CCCCCCCCCCCCCC. The van der Waals surface area contributed by atoms with Crippen molar-refractivity contribution in [2.75, 3.05) is 13.2 Å². The number of allylic oxidation sites excluding steroid dienone is 10. The van der Waals surface area contributed by atoms with Gasteiger partial charge in [0.05, 0.1) is 6.61 Å². The van der Waals surface area contributed by atoms with E-state index >= 15 is 0 Å². The number of carbonyl (C=O) groups excluding carboxylic acids is 2. The summed E-state index contributed by atoms with van der Waals surface area (Å²) in [7, 11) is 0. The maximum atomic E-state index is 12.1. The lowest BCUT2D eigenvalue weighted by Crippen LogP contribution is -2.28. The molecule has 45 heavy (non-hydrogen) atoms. The van der Waals surface area contributed by atoms with Crippen molar-refractivity contribution >= 4 is 11.9 Å².